The Labute approximate surface area is 57.1 Å². The van der Waals surface area contributed by atoms with E-state index in [1.807, 2.05) is 0 Å². The molecule has 1 fully saturated rings. The van der Waals surface area contributed by atoms with Gasteiger partial charge < -0.3 is 5.32 Å². The molecule has 1 nitrogen and oxygen atoms in total. The largest absolute Gasteiger partial charge is 0.346 e. The number of rotatable bonds is 1. The second-order valence-corrected chi connectivity index (χ2v) is 2.99. The summed E-state index contributed by atoms with van der Waals surface area (Å²) in [5.41, 5.74) is 1.38. The fraction of sp³-hybridized carbons (Fsp3) is 0.750. The third-order valence-corrected chi connectivity index (χ3v) is 2.14. The van der Waals surface area contributed by atoms with Crippen LogP contribution in [0.5, 0.6) is 0 Å². The molecule has 1 heterocycles. The van der Waals surface area contributed by atoms with Crippen LogP contribution in [0.15, 0.2) is 12.2 Å². The first-order valence-corrected chi connectivity index (χ1v) is 3.78. The minimum absolute atomic E-state index is 0.829. The van der Waals surface area contributed by atoms with Crippen molar-refractivity contribution in [2.24, 2.45) is 5.92 Å². The molecule has 1 saturated heterocycles. The van der Waals surface area contributed by atoms with E-state index in [2.05, 4.69) is 18.8 Å². The molecule has 1 heteroatoms. The highest BCUT2D eigenvalue weighted by molar-refractivity contribution is 4.96. The average molecular weight is 126 g/mol. The van der Waals surface area contributed by atoms with E-state index in [4.69, 9.17) is 0 Å². The van der Waals surface area contributed by atoms with Crippen molar-refractivity contribution in [3.8, 4) is 0 Å². The van der Waals surface area contributed by atoms with Gasteiger partial charge in [-0.2, -0.15) is 0 Å². The van der Waals surface area contributed by atoms with Crippen molar-refractivity contribution < 1.29 is 5.32 Å². The van der Waals surface area contributed by atoms with Gasteiger partial charge in [0, 0.05) is 12.8 Å². The molecular formula is C8H16N+. The molecule has 0 aromatic rings. The summed E-state index contributed by atoms with van der Waals surface area (Å²) in [5, 5.41) is 2.39. The van der Waals surface area contributed by atoms with Crippen LogP contribution < -0.4 is 5.32 Å². The van der Waals surface area contributed by atoms with E-state index >= 15 is 0 Å². The lowest BCUT2D eigenvalue weighted by Gasteiger charge is -2.19. The van der Waals surface area contributed by atoms with Gasteiger partial charge >= 0.3 is 0 Å². The molecule has 0 aliphatic carbocycles. The monoisotopic (exact) mass is 126 g/mol. The van der Waals surface area contributed by atoms with Gasteiger partial charge in [-0.05, 0) is 12.8 Å². The summed E-state index contributed by atoms with van der Waals surface area (Å²) in [6.45, 7) is 8.72. The summed E-state index contributed by atoms with van der Waals surface area (Å²) < 4.78 is 0. The first-order valence-electron chi connectivity index (χ1n) is 3.78. The summed E-state index contributed by atoms with van der Waals surface area (Å²) in [6, 6.07) is 0. The molecule has 0 amide bonds. The van der Waals surface area contributed by atoms with Crippen LogP contribution in [-0.2, 0) is 0 Å². The second-order valence-electron chi connectivity index (χ2n) is 2.99. The minimum Gasteiger partial charge on any atom is -0.346 e. The molecular weight excluding hydrogens is 110 g/mol. The first kappa shape index (κ1) is 6.81. The van der Waals surface area contributed by atoms with Gasteiger partial charge in [0.25, 0.3) is 0 Å². The topological polar surface area (TPSA) is 16.6 Å². The maximum absolute atomic E-state index is 3.96. The summed E-state index contributed by atoms with van der Waals surface area (Å²) in [5.74, 6) is 0.829. The van der Waals surface area contributed by atoms with Crippen LogP contribution >= 0.6 is 0 Å². The van der Waals surface area contributed by atoms with Gasteiger partial charge in [-0.3, -0.25) is 0 Å². The lowest BCUT2D eigenvalue weighted by molar-refractivity contribution is -0.664. The molecule has 0 atom stereocenters. The van der Waals surface area contributed by atoms with Gasteiger partial charge in [0.2, 0.25) is 0 Å². The molecule has 1 rings (SSSR count). The second kappa shape index (κ2) is 3.02. The van der Waals surface area contributed by atoms with Crippen LogP contribution in [0.1, 0.15) is 19.8 Å². The Hall–Kier alpha value is -0.300. The van der Waals surface area contributed by atoms with Gasteiger partial charge in [-0.1, -0.05) is 12.2 Å². The number of hydrogen-bond acceptors (Lipinski definition) is 0. The number of allylic oxidation sites excluding steroid dienone is 1. The van der Waals surface area contributed by atoms with E-state index in [0.29, 0.717) is 0 Å². The summed E-state index contributed by atoms with van der Waals surface area (Å²) in [6.07, 6.45) is 2.69. The van der Waals surface area contributed by atoms with Crippen LogP contribution in [0.3, 0.4) is 0 Å². The molecule has 2 N–H and O–H groups in total. The molecule has 0 radical (unpaired) electrons. The SMILES string of the molecule is C=C(C)C1CC[NH2+]CC1. The predicted molar refractivity (Wildman–Crippen MR) is 39.2 cm³/mol. The van der Waals surface area contributed by atoms with E-state index in [1.54, 1.807) is 0 Å². The molecule has 0 bridgehead atoms. The predicted octanol–water partition coefficient (Wildman–Crippen LogP) is 0.536. The molecule has 0 spiro atoms. The molecule has 0 aromatic heterocycles. The Bertz CT molecular complexity index is 101. The van der Waals surface area contributed by atoms with Crippen molar-refractivity contribution in [3.05, 3.63) is 12.2 Å². The van der Waals surface area contributed by atoms with Crippen molar-refractivity contribution in [1.82, 2.24) is 0 Å². The molecule has 1 aliphatic heterocycles. The lowest BCUT2D eigenvalue weighted by Crippen LogP contribution is -2.86. The summed E-state index contributed by atoms with van der Waals surface area (Å²) in [4.78, 5) is 0. The minimum atomic E-state index is 0.829. The first-order chi connectivity index (χ1) is 4.30. The van der Waals surface area contributed by atoms with Gasteiger partial charge in [-0.25, -0.2) is 0 Å². The Kier molecular flexibility index (Phi) is 2.29. The van der Waals surface area contributed by atoms with Crippen LogP contribution in [0.4, 0.5) is 0 Å². The van der Waals surface area contributed by atoms with E-state index < -0.39 is 0 Å². The zero-order valence-electron chi connectivity index (χ0n) is 6.19. The van der Waals surface area contributed by atoms with Crippen molar-refractivity contribution in [1.29, 1.82) is 0 Å². The van der Waals surface area contributed by atoms with Crippen LogP contribution in [0, 0.1) is 5.92 Å². The Morgan fingerprint density at radius 3 is 2.33 bits per heavy atom. The van der Waals surface area contributed by atoms with Gasteiger partial charge in [0.1, 0.15) is 0 Å². The van der Waals surface area contributed by atoms with E-state index in [-0.39, 0.29) is 0 Å². The fourth-order valence-electron chi connectivity index (χ4n) is 1.42. The van der Waals surface area contributed by atoms with Crippen LogP contribution in [0.2, 0.25) is 0 Å². The van der Waals surface area contributed by atoms with Crippen LogP contribution in [0.25, 0.3) is 0 Å². The van der Waals surface area contributed by atoms with Gasteiger partial charge in [0.15, 0.2) is 0 Å². The van der Waals surface area contributed by atoms with Crippen molar-refractivity contribution in [3.63, 3.8) is 0 Å². The van der Waals surface area contributed by atoms with Crippen molar-refractivity contribution in [2.45, 2.75) is 19.8 Å². The molecule has 0 unspecified atom stereocenters. The van der Waals surface area contributed by atoms with E-state index in [1.165, 1.54) is 31.5 Å². The van der Waals surface area contributed by atoms with Crippen LogP contribution in [-0.4, -0.2) is 13.1 Å². The number of nitrogens with two attached hydrogens (primary N) is 1. The molecule has 0 saturated carbocycles. The smallest absolute Gasteiger partial charge is 0.0761 e. The Morgan fingerprint density at radius 2 is 2.00 bits per heavy atom. The van der Waals surface area contributed by atoms with Crippen molar-refractivity contribution in [2.75, 3.05) is 13.1 Å². The number of piperidine rings is 1. The highest BCUT2D eigenvalue weighted by Gasteiger charge is 2.14. The quantitative estimate of drug-likeness (QED) is 0.494. The Morgan fingerprint density at radius 1 is 1.44 bits per heavy atom. The maximum Gasteiger partial charge on any atom is 0.0761 e. The zero-order valence-corrected chi connectivity index (χ0v) is 6.19. The lowest BCUT2D eigenvalue weighted by atomic mass is 9.92. The molecule has 9 heavy (non-hydrogen) atoms. The summed E-state index contributed by atoms with van der Waals surface area (Å²) >= 11 is 0. The number of quaternary nitrogens is 1. The Balaban J connectivity index is 2.31. The normalized spacial score (nSPS) is 21.9. The standard InChI is InChI=1S/C8H15N/c1-7(2)8-3-5-9-6-4-8/h8-9H,1,3-6H2,2H3/p+1. The molecule has 0 aromatic carbocycles. The third-order valence-electron chi connectivity index (χ3n) is 2.14. The number of hydrogen-bond donors (Lipinski definition) is 1. The summed E-state index contributed by atoms with van der Waals surface area (Å²) in [7, 11) is 0. The van der Waals surface area contributed by atoms with Gasteiger partial charge in [-0.15, -0.1) is 0 Å². The highest BCUT2D eigenvalue weighted by atomic mass is 14.9. The fourth-order valence-corrected chi connectivity index (χ4v) is 1.42. The average Bonchev–Trinajstić information content (AvgIpc) is 1.90. The van der Waals surface area contributed by atoms with Gasteiger partial charge in [0.05, 0.1) is 13.1 Å². The maximum atomic E-state index is 3.96. The molecule has 1 aliphatic rings. The zero-order chi connectivity index (χ0) is 6.69. The highest BCUT2D eigenvalue weighted by Crippen LogP contribution is 2.16. The van der Waals surface area contributed by atoms with Crippen molar-refractivity contribution >= 4 is 0 Å². The van der Waals surface area contributed by atoms with E-state index in [0.717, 1.165) is 5.92 Å². The van der Waals surface area contributed by atoms with E-state index in [9.17, 15) is 0 Å². The third kappa shape index (κ3) is 1.83. The molecule has 52 valence electrons.